The quantitative estimate of drug-likeness (QED) is 0.0726. The summed E-state index contributed by atoms with van der Waals surface area (Å²) < 4.78 is 6.76. The topological polar surface area (TPSA) is 89.0 Å². The molecule has 0 N–H and O–H groups in total. The van der Waals surface area contributed by atoms with Gasteiger partial charge in [-0.3, -0.25) is 4.98 Å². The molecule has 0 saturated heterocycles. The Kier molecular flexibility index (Phi) is 26.2. The Hall–Kier alpha value is -15.1. The molecule has 0 amide bonds. The Morgan fingerprint density at radius 3 is 1.15 bits per heavy atom. The first-order chi connectivity index (χ1) is 68.5. The van der Waals surface area contributed by atoms with Crippen molar-refractivity contribution in [3.63, 3.8) is 0 Å². The number of aromatic nitrogens is 7. The van der Waals surface area contributed by atoms with Crippen LogP contribution >= 0.6 is 0 Å². The van der Waals surface area contributed by atoms with Crippen LogP contribution in [0.4, 0.5) is 62.6 Å². The third-order valence-electron chi connectivity index (χ3n) is 27.1. The van der Waals surface area contributed by atoms with Gasteiger partial charge in [0, 0.05) is 81.8 Å². The van der Waals surface area contributed by atoms with Crippen molar-refractivity contribution in [1.29, 1.82) is 0 Å². The zero-order chi connectivity index (χ0) is 93.3. The number of hydrogen-bond donors (Lipinski definition) is 0. The first-order valence-corrected chi connectivity index (χ1v) is 47.4. The summed E-state index contributed by atoms with van der Waals surface area (Å²) in [4.78, 5) is 34.7. The van der Waals surface area contributed by atoms with Gasteiger partial charge < -0.3 is 53.0 Å². The van der Waals surface area contributed by atoms with E-state index in [2.05, 4.69) is 461 Å². The van der Waals surface area contributed by atoms with Crippen LogP contribution in [0.1, 0.15) is 50.7 Å². The second-order valence-electron chi connectivity index (χ2n) is 36.3. The van der Waals surface area contributed by atoms with E-state index in [1.165, 1.54) is 49.7 Å². The number of anilines is 11. The Labute approximate surface area is 873 Å². The summed E-state index contributed by atoms with van der Waals surface area (Å²) in [5.74, 6) is 3.31. The molecule has 0 unspecified atom stereocenters. The van der Waals surface area contributed by atoms with E-state index in [0.717, 1.165) is 157 Å². The second kappa shape index (κ2) is 39.9. The minimum Gasteiger partial charge on any atom is -0.510 e. The van der Waals surface area contributed by atoms with Crippen LogP contribution in [-0.4, -0.2) is 77.7 Å². The molecule has 0 fully saturated rings. The number of para-hydroxylation sites is 9. The fraction of sp³-hybridized carbons (Fsp3) is 0.0656. The van der Waals surface area contributed by atoms with E-state index in [0.29, 0.717) is 11.8 Å². The van der Waals surface area contributed by atoms with Crippen molar-refractivity contribution < 1.29 is 63.2 Å². The predicted molar refractivity (Wildman–Crippen MR) is 575 cm³/mol. The molecule has 142 heavy (non-hydrogen) atoms. The van der Waals surface area contributed by atoms with Crippen LogP contribution in [0.25, 0.3) is 83.6 Å². The number of pyridine rings is 3. The molecule has 0 aliphatic carbocycles. The first-order valence-electron chi connectivity index (χ1n) is 47.4. The number of fused-ring (bicyclic) bond motifs is 12. The van der Waals surface area contributed by atoms with Gasteiger partial charge in [-0.15, -0.1) is 92.7 Å². The van der Waals surface area contributed by atoms with E-state index in [9.17, 15) is 0 Å². The Balaban J connectivity index is 0.000000127. The van der Waals surface area contributed by atoms with Gasteiger partial charge in [0.1, 0.15) is 11.6 Å². The molecule has 15 aromatic carbocycles. The number of imidazole rings is 1. The third kappa shape index (κ3) is 16.9. The van der Waals surface area contributed by atoms with Gasteiger partial charge in [-0.2, -0.15) is 102 Å². The van der Waals surface area contributed by atoms with E-state index < -0.39 is 0 Å². The van der Waals surface area contributed by atoms with Crippen LogP contribution in [-0.2, 0) is 63.2 Å². The number of rotatable bonds is 15. The van der Waals surface area contributed by atoms with Crippen LogP contribution in [0.5, 0.6) is 0 Å². The molecule has 14 nitrogen and oxygen atoms in total. The normalized spacial score (nSPS) is 13.1. The first kappa shape index (κ1) is 93.2. The SMILES string of the molecule is CC(C)c1cccc(C(C)C)c1-n1ccnc1-c1[c-]c2c(cc1)N(c1ccccc1)c1ccccc1B2c1[c-]c2c(cc1)c1ccccc1n2-c1ccccn1.CN1C=CN(c2[c-]c(B3c4[c-]c(N5C=CN(C)[CH-]5)ccc4N(c4ccccc4)c4ccccc43)ccc2)[CH-]1.[Pt+2].[Pt+2].[Pt+4].[c-]1c(-c2ccccn2)ccc2c1B(c1[c-]c3c(cc1)c1ccccc1n3-c1ccccn1)c1ccccc1N2c1ccccc1. The molecule has 688 valence electrons. The van der Waals surface area contributed by atoms with Crippen LogP contribution in [0, 0.1) is 49.7 Å². The summed E-state index contributed by atoms with van der Waals surface area (Å²) in [6, 6.07) is 152. The van der Waals surface area contributed by atoms with Crippen molar-refractivity contribution in [2.75, 3.05) is 38.6 Å². The number of nitrogens with zero attached hydrogens (tertiary/aromatic N) is 14. The van der Waals surface area contributed by atoms with Gasteiger partial charge in [0.05, 0.1) is 5.82 Å². The van der Waals surface area contributed by atoms with Gasteiger partial charge in [0.2, 0.25) is 13.4 Å². The van der Waals surface area contributed by atoms with Crippen LogP contribution in [0.2, 0.25) is 0 Å². The molecule has 20 heteroatoms. The van der Waals surface area contributed by atoms with Crippen molar-refractivity contribution in [1.82, 2.24) is 43.4 Å². The van der Waals surface area contributed by atoms with Gasteiger partial charge in [-0.1, -0.05) is 238 Å². The van der Waals surface area contributed by atoms with Crippen molar-refractivity contribution in [2.24, 2.45) is 0 Å². The van der Waals surface area contributed by atoms with E-state index >= 15 is 0 Å². The molecule has 11 heterocycles. The maximum absolute atomic E-state index is 5.04. The minimum absolute atomic E-state index is 0. The summed E-state index contributed by atoms with van der Waals surface area (Å²) in [7, 11) is 4.07. The van der Waals surface area contributed by atoms with Gasteiger partial charge >= 0.3 is 63.2 Å². The zero-order valence-corrected chi connectivity index (χ0v) is 85.4. The Morgan fingerprint density at radius 2 is 0.704 bits per heavy atom. The smallest absolute Gasteiger partial charge is 0.510 e. The van der Waals surface area contributed by atoms with Gasteiger partial charge in [0.25, 0.3) is 0 Å². The van der Waals surface area contributed by atoms with Gasteiger partial charge in [0.15, 0.2) is 6.71 Å². The molecule has 5 aliphatic rings. The largest absolute Gasteiger partial charge is 4.00 e. The second-order valence-corrected chi connectivity index (χ2v) is 36.3. The van der Waals surface area contributed by atoms with Crippen LogP contribution < -0.4 is 73.7 Å². The fourth-order valence-corrected chi connectivity index (χ4v) is 20.9. The number of hydrogen-bond acceptors (Lipinski definition) is 11. The molecular formula is C122H91B3N14Pt3. The van der Waals surface area contributed by atoms with Crippen molar-refractivity contribution in [3.05, 3.63) is 481 Å². The van der Waals surface area contributed by atoms with E-state index in [4.69, 9.17) is 15.0 Å². The van der Waals surface area contributed by atoms with Crippen molar-refractivity contribution in [3.8, 4) is 40.0 Å². The van der Waals surface area contributed by atoms with Gasteiger partial charge in [-0.05, 0) is 198 Å². The molecular weight excluding hydrogens is 2280 g/mol. The minimum atomic E-state index is -0.154. The van der Waals surface area contributed by atoms with Crippen molar-refractivity contribution in [2.45, 2.75) is 39.5 Å². The van der Waals surface area contributed by atoms with E-state index in [-0.39, 0.29) is 83.3 Å². The molecule has 26 rings (SSSR count). The monoisotopic (exact) mass is 2370 g/mol. The predicted octanol–water partition coefficient (Wildman–Crippen LogP) is 21.6. The maximum atomic E-state index is 5.04. The molecule has 0 atom stereocenters. The average molecular weight is 2370 g/mol. The molecule has 0 spiro atoms. The summed E-state index contributed by atoms with van der Waals surface area (Å²) in [6.45, 7) is 12.9. The zero-order valence-electron chi connectivity index (χ0n) is 78.6. The summed E-state index contributed by atoms with van der Waals surface area (Å²) in [6.07, 6.45) is 17.8. The molecule has 0 bridgehead atoms. The maximum Gasteiger partial charge on any atom is 4.00 e. The Bertz CT molecular complexity index is 8270. The Morgan fingerprint density at radius 1 is 0.303 bits per heavy atom. The average Bonchev–Trinajstić information content (AvgIpc) is 1.33. The molecule has 0 saturated carbocycles. The van der Waals surface area contributed by atoms with E-state index in [1.54, 1.807) is 0 Å². The standard InChI is InChI=1S/C50H40BN5.C40H25BN4.C32H26BN5.3Pt/c1-33(2)38-18-14-19-39(34(3)4)49(38)54-30-29-53-50(54)35-24-27-46-43(31-35)51(42-20-9-11-22-45(42)55(46)37-15-6-5-7-16-37)36-25-26-41-40-17-8-10-21-44(40)56(47(41)32-36)48-23-12-13-28-52-48;1-2-12-30(13-3-1)44-37-18-7-5-15-33(37)41(34-26-28(20-23-38(34)44)35-16-8-10-24-42-35)29-21-22-32-31-14-4-6-17-36(31)45(39(32)27-29)40-19-9-11-25-43-40;1-34-17-19-36(23-34)27-12-8-9-25(21-27)33-29-13-6-7-14-31(29)38(26-10-4-3-5-11-26)32-16-15-28(22-30(32)33)37-20-18-35(2)24-37;;;/h5-30,33-34H,1-4H3;1-25H;3-20,23-24H,1-2H3;;;/q2*-2;-4;2*+2;+4. The molecule has 5 aliphatic heterocycles. The van der Waals surface area contributed by atoms with Gasteiger partial charge in [-0.25, -0.2) is 9.97 Å². The summed E-state index contributed by atoms with van der Waals surface area (Å²) in [5.41, 5.74) is 33.3. The van der Waals surface area contributed by atoms with Crippen LogP contribution in [0.3, 0.4) is 0 Å². The third-order valence-corrected chi connectivity index (χ3v) is 27.1. The summed E-state index contributed by atoms with van der Waals surface area (Å²) >= 11 is 0. The van der Waals surface area contributed by atoms with Crippen molar-refractivity contribution >= 4 is 175 Å². The molecule has 21 aromatic rings. The number of benzene rings is 15. The fourth-order valence-electron chi connectivity index (χ4n) is 20.9. The van der Waals surface area contributed by atoms with E-state index in [1.807, 2.05) is 104 Å². The summed E-state index contributed by atoms with van der Waals surface area (Å²) in [5, 5.41) is 4.67. The molecule has 6 aromatic heterocycles. The van der Waals surface area contributed by atoms with Crippen LogP contribution in [0.15, 0.2) is 420 Å². The molecule has 0 radical (unpaired) electrons.